The van der Waals surface area contributed by atoms with Crippen LogP contribution in [0.2, 0.25) is 0 Å². The summed E-state index contributed by atoms with van der Waals surface area (Å²) in [4.78, 5) is 12.7. The molecule has 0 aromatic heterocycles. The van der Waals surface area contributed by atoms with E-state index in [2.05, 4.69) is 11.3 Å². The van der Waals surface area contributed by atoms with E-state index in [1.165, 1.54) is 6.08 Å². The molecule has 21 heavy (non-hydrogen) atoms. The van der Waals surface area contributed by atoms with E-state index in [4.69, 9.17) is 0 Å². The minimum absolute atomic E-state index is 0.0328. The summed E-state index contributed by atoms with van der Waals surface area (Å²) in [5.74, 6) is -0.601. The molecular formula is C16H17F3O2. The molecule has 1 aliphatic rings. The molecule has 1 aromatic rings. The molecule has 0 spiro atoms. The standard InChI is InChI=1S/C16H17F3O2/c1-3-8-15(21-16(17,18)19)9-4-5-12-7-6-11(2)10-13(12)14(15)20/h3,6-7,10H,1,4-5,8-9H2,2H3. The molecule has 1 atom stereocenters. The fourth-order valence-electron chi connectivity index (χ4n) is 2.83. The summed E-state index contributed by atoms with van der Waals surface area (Å²) in [6.07, 6.45) is -2.63. The van der Waals surface area contributed by atoms with Crippen molar-refractivity contribution in [3.63, 3.8) is 0 Å². The lowest BCUT2D eigenvalue weighted by Gasteiger charge is -2.31. The SMILES string of the molecule is C=CCC1(OC(F)(F)F)CCCc2ccc(C)cc2C1=O. The van der Waals surface area contributed by atoms with Crippen LogP contribution in [0.25, 0.3) is 0 Å². The Bertz CT molecular complexity index is 563. The van der Waals surface area contributed by atoms with Crippen LogP contribution in [0, 0.1) is 6.92 Å². The number of rotatable bonds is 3. The molecular weight excluding hydrogens is 281 g/mol. The average molecular weight is 298 g/mol. The molecule has 2 nitrogen and oxygen atoms in total. The van der Waals surface area contributed by atoms with Gasteiger partial charge in [-0.2, -0.15) is 0 Å². The predicted molar refractivity (Wildman–Crippen MR) is 73.1 cm³/mol. The number of ketones is 1. The van der Waals surface area contributed by atoms with Gasteiger partial charge in [-0.25, -0.2) is 0 Å². The van der Waals surface area contributed by atoms with E-state index in [-0.39, 0.29) is 12.8 Å². The Kier molecular flexibility index (Phi) is 4.23. The maximum atomic E-state index is 12.8. The number of fused-ring (bicyclic) bond motifs is 1. The number of Topliss-reactive ketones (excluding diaryl/α,β-unsaturated/α-hetero) is 1. The molecule has 0 saturated carbocycles. The third-order valence-electron chi connectivity index (χ3n) is 3.74. The van der Waals surface area contributed by atoms with Crippen molar-refractivity contribution in [3.8, 4) is 0 Å². The zero-order chi connectivity index (χ0) is 15.7. The Morgan fingerprint density at radius 3 is 2.76 bits per heavy atom. The molecule has 0 amide bonds. The van der Waals surface area contributed by atoms with Crippen LogP contribution < -0.4 is 0 Å². The van der Waals surface area contributed by atoms with Crippen LogP contribution in [0.4, 0.5) is 13.2 Å². The Morgan fingerprint density at radius 2 is 2.14 bits per heavy atom. The number of ether oxygens (including phenoxy) is 1. The van der Waals surface area contributed by atoms with E-state index in [1.54, 1.807) is 19.1 Å². The van der Waals surface area contributed by atoms with Crippen molar-refractivity contribution < 1.29 is 22.7 Å². The van der Waals surface area contributed by atoms with Gasteiger partial charge in [0.05, 0.1) is 0 Å². The molecule has 5 heteroatoms. The van der Waals surface area contributed by atoms with Crippen molar-refractivity contribution >= 4 is 5.78 Å². The molecule has 0 aliphatic heterocycles. The Balaban J connectivity index is 2.51. The van der Waals surface area contributed by atoms with Gasteiger partial charge in [-0.1, -0.05) is 23.8 Å². The fourth-order valence-corrected chi connectivity index (χ4v) is 2.83. The number of benzene rings is 1. The second-order valence-corrected chi connectivity index (χ2v) is 5.38. The molecule has 114 valence electrons. The van der Waals surface area contributed by atoms with Crippen molar-refractivity contribution in [1.82, 2.24) is 0 Å². The fraction of sp³-hybridized carbons (Fsp3) is 0.438. The van der Waals surface area contributed by atoms with Crippen LogP contribution in [-0.2, 0) is 11.2 Å². The summed E-state index contributed by atoms with van der Waals surface area (Å²) in [7, 11) is 0. The predicted octanol–water partition coefficient (Wildman–Crippen LogP) is 4.37. The summed E-state index contributed by atoms with van der Waals surface area (Å²) in [6, 6.07) is 5.30. The van der Waals surface area contributed by atoms with Gasteiger partial charge >= 0.3 is 6.36 Å². The van der Waals surface area contributed by atoms with Crippen LogP contribution in [-0.4, -0.2) is 17.7 Å². The van der Waals surface area contributed by atoms with Gasteiger partial charge < -0.3 is 0 Å². The molecule has 0 N–H and O–H groups in total. The molecule has 2 rings (SSSR count). The minimum Gasteiger partial charge on any atom is -0.291 e. The average Bonchev–Trinajstić information content (AvgIpc) is 2.48. The lowest BCUT2D eigenvalue weighted by molar-refractivity contribution is -0.356. The second kappa shape index (κ2) is 5.64. The highest BCUT2D eigenvalue weighted by molar-refractivity contribution is 6.04. The van der Waals surface area contributed by atoms with Gasteiger partial charge in [0, 0.05) is 12.0 Å². The monoisotopic (exact) mass is 298 g/mol. The quantitative estimate of drug-likeness (QED) is 0.612. The Morgan fingerprint density at radius 1 is 1.43 bits per heavy atom. The van der Waals surface area contributed by atoms with E-state index in [0.717, 1.165) is 11.1 Å². The van der Waals surface area contributed by atoms with Gasteiger partial charge in [0.1, 0.15) is 5.60 Å². The first-order chi connectivity index (χ1) is 9.77. The van der Waals surface area contributed by atoms with E-state index in [9.17, 15) is 18.0 Å². The first kappa shape index (κ1) is 15.8. The summed E-state index contributed by atoms with van der Waals surface area (Å²) < 4.78 is 42.6. The van der Waals surface area contributed by atoms with Gasteiger partial charge in [0.15, 0.2) is 5.78 Å². The van der Waals surface area contributed by atoms with Crippen molar-refractivity contribution in [3.05, 3.63) is 47.5 Å². The lowest BCUT2D eigenvalue weighted by atomic mass is 9.86. The highest BCUT2D eigenvalue weighted by Gasteiger charge is 2.49. The first-order valence-corrected chi connectivity index (χ1v) is 6.79. The largest absolute Gasteiger partial charge is 0.523 e. The van der Waals surface area contributed by atoms with Gasteiger partial charge in [-0.3, -0.25) is 9.53 Å². The number of halogens is 3. The molecule has 0 saturated heterocycles. The lowest BCUT2D eigenvalue weighted by Crippen LogP contribution is -2.45. The van der Waals surface area contributed by atoms with Crippen LogP contribution in [0.1, 0.15) is 40.7 Å². The summed E-state index contributed by atoms with van der Waals surface area (Å²) in [5.41, 5.74) is 0.0587. The topological polar surface area (TPSA) is 26.3 Å². The zero-order valence-corrected chi connectivity index (χ0v) is 11.8. The molecule has 0 radical (unpaired) electrons. The molecule has 0 bridgehead atoms. The van der Waals surface area contributed by atoms with Crippen LogP contribution in [0.3, 0.4) is 0 Å². The highest BCUT2D eigenvalue weighted by Crippen LogP contribution is 2.38. The van der Waals surface area contributed by atoms with E-state index in [1.807, 2.05) is 6.07 Å². The number of carbonyl (C=O) groups is 1. The molecule has 0 heterocycles. The highest BCUT2D eigenvalue weighted by atomic mass is 19.4. The molecule has 1 unspecified atom stereocenters. The number of carbonyl (C=O) groups excluding carboxylic acids is 1. The van der Waals surface area contributed by atoms with Crippen molar-refractivity contribution in [2.45, 2.75) is 44.6 Å². The zero-order valence-electron chi connectivity index (χ0n) is 11.8. The van der Waals surface area contributed by atoms with Crippen LogP contribution in [0.5, 0.6) is 0 Å². The van der Waals surface area contributed by atoms with Gasteiger partial charge in [0.2, 0.25) is 0 Å². The minimum atomic E-state index is -4.85. The van der Waals surface area contributed by atoms with Gasteiger partial charge in [-0.05, 0) is 37.8 Å². The number of hydrogen-bond acceptors (Lipinski definition) is 2. The first-order valence-electron chi connectivity index (χ1n) is 6.79. The van der Waals surface area contributed by atoms with E-state index < -0.39 is 17.7 Å². The third-order valence-corrected chi connectivity index (χ3v) is 3.74. The summed E-state index contributed by atoms with van der Waals surface area (Å²) >= 11 is 0. The molecule has 1 aliphatic carbocycles. The van der Waals surface area contributed by atoms with E-state index in [0.29, 0.717) is 18.4 Å². The van der Waals surface area contributed by atoms with Crippen molar-refractivity contribution in [1.29, 1.82) is 0 Å². The Hall–Kier alpha value is -1.62. The van der Waals surface area contributed by atoms with Gasteiger partial charge in [0.25, 0.3) is 0 Å². The third kappa shape index (κ3) is 3.35. The molecule has 1 aromatic carbocycles. The Labute approximate surface area is 121 Å². The second-order valence-electron chi connectivity index (χ2n) is 5.38. The van der Waals surface area contributed by atoms with Crippen molar-refractivity contribution in [2.24, 2.45) is 0 Å². The van der Waals surface area contributed by atoms with E-state index >= 15 is 0 Å². The number of aryl methyl sites for hydroxylation is 2. The normalized spacial score (nSPS) is 22.6. The van der Waals surface area contributed by atoms with Gasteiger partial charge in [-0.15, -0.1) is 19.8 Å². The summed E-state index contributed by atoms with van der Waals surface area (Å²) in [5, 5.41) is 0. The number of hydrogen-bond donors (Lipinski definition) is 0. The summed E-state index contributed by atoms with van der Waals surface area (Å²) in [6.45, 7) is 5.27. The number of alkyl halides is 3. The maximum absolute atomic E-state index is 12.8. The van der Waals surface area contributed by atoms with Crippen molar-refractivity contribution in [2.75, 3.05) is 0 Å². The van der Waals surface area contributed by atoms with Crippen LogP contribution >= 0.6 is 0 Å². The van der Waals surface area contributed by atoms with Crippen LogP contribution in [0.15, 0.2) is 30.9 Å². The maximum Gasteiger partial charge on any atom is 0.523 e. The molecule has 0 fully saturated rings. The smallest absolute Gasteiger partial charge is 0.291 e.